The Morgan fingerprint density at radius 3 is 1.29 bits per heavy atom. The molecule has 2 fully saturated rings. The number of hydrogen-bond acceptors (Lipinski definition) is 8. The van der Waals surface area contributed by atoms with Gasteiger partial charge in [-0.05, 0) is 44.9 Å². The van der Waals surface area contributed by atoms with Gasteiger partial charge in [0, 0.05) is 52.9 Å². The van der Waals surface area contributed by atoms with E-state index in [0.717, 1.165) is 19.6 Å². The fourth-order valence-electron chi connectivity index (χ4n) is 4.66. The van der Waals surface area contributed by atoms with Gasteiger partial charge in [0.15, 0.2) is 0 Å². The number of hydrogen-bond donors (Lipinski definition) is 0. The quantitative estimate of drug-likeness (QED) is 0.134. The molecule has 2 aliphatic carbocycles. The molecule has 0 aromatic rings. The number of thiocarbonyl (C=S) groups is 4. The van der Waals surface area contributed by atoms with Crippen molar-refractivity contribution in [2.24, 2.45) is 5.92 Å². The predicted molar refractivity (Wildman–Crippen MR) is 209 cm³/mol. The molecule has 0 aromatic heterocycles. The van der Waals surface area contributed by atoms with E-state index < -0.39 is 0 Å². The Balaban J connectivity index is -0.000000110. The van der Waals surface area contributed by atoms with Crippen molar-refractivity contribution in [2.45, 2.75) is 117 Å². The minimum atomic E-state index is 0. The largest absolute Gasteiger partial charge is 1.00 e. The fourth-order valence-corrected chi connectivity index (χ4v) is 5.84. The van der Waals surface area contributed by atoms with E-state index in [4.69, 9.17) is 99.4 Å². The van der Waals surface area contributed by atoms with Gasteiger partial charge in [-0.3, -0.25) is 0 Å². The van der Waals surface area contributed by atoms with Crippen molar-refractivity contribution in [2.75, 3.05) is 40.8 Å². The molecule has 0 heterocycles. The first-order valence-electron chi connectivity index (χ1n) is 14.9. The Morgan fingerprint density at radius 2 is 1.02 bits per heavy atom. The number of rotatable bonds is 8. The molecular formula is C29H54N4Na4S8. The summed E-state index contributed by atoms with van der Waals surface area (Å²) >= 11 is 39.1. The van der Waals surface area contributed by atoms with Crippen LogP contribution in [0.1, 0.15) is 105 Å². The Hall–Kier alpha value is 4.44. The summed E-state index contributed by atoms with van der Waals surface area (Å²) in [6, 6.07) is 1.28. The Labute approximate surface area is 411 Å². The van der Waals surface area contributed by atoms with Crippen molar-refractivity contribution in [3.63, 3.8) is 0 Å². The second kappa shape index (κ2) is 39.6. The molecule has 0 N–H and O–H groups in total. The van der Waals surface area contributed by atoms with Gasteiger partial charge in [0.1, 0.15) is 0 Å². The molecular weight excluding hydrogens is 753 g/mol. The maximum Gasteiger partial charge on any atom is 1.00 e. The normalized spacial score (nSPS) is 13.7. The molecule has 0 aromatic carbocycles. The molecule has 242 valence electrons. The predicted octanol–water partition coefficient (Wildman–Crippen LogP) is -4.47. The van der Waals surface area contributed by atoms with Crippen molar-refractivity contribution in [1.82, 2.24) is 19.6 Å². The molecule has 2 aliphatic rings. The summed E-state index contributed by atoms with van der Waals surface area (Å²) < 4.78 is 2.41. The van der Waals surface area contributed by atoms with Gasteiger partial charge in [-0.25, -0.2) is 0 Å². The minimum absolute atomic E-state index is 0. The number of unbranched alkanes of at least 4 members (excludes halogenated alkanes) is 1. The first kappa shape index (κ1) is 61.5. The second-order valence-electron chi connectivity index (χ2n) is 11.1. The molecule has 0 bridgehead atoms. The molecule has 0 atom stereocenters. The maximum atomic E-state index is 5.04. The first-order valence-corrected chi connectivity index (χ1v) is 18.2. The monoisotopic (exact) mass is 806 g/mol. The van der Waals surface area contributed by atoms with Crippen molar-refractivity contribution in [3.8, 4) is 0 Å². The van der Waals surface area contributed by atoms with E-state index in [-0.39, 0.29) is 118 Å². The van der Waals surface area contributed by atoms with Crippen molar-refractivity contribution in [3.05, 3.63) is 0 Å². The Bertz CT molecular complexity index is 745. The standard InChI is InChI=1S/C9H17NS2.C8H15NS2.2C6H13NS2.4Na/c1-2-10(9(11)12)8-6-4-3-5-7-8;1-9(8(10)11)7-5-3-2-4-6-7;1-5(2)4-7(3)6(8)9;1-3-4-5-7(2)6(8)9;;;;/h8H,2-7H2,1H3,(H,11,12);7H,2-6H2,1H3,(H,10,11);5H,4H2,1-3H3,(H,8,9);3-5H2,1-2H3,(H,8,9);;;;/q;;;;4*+1/p-4. The van der Waals surface area contributed by atoms with E-state index in [1.165, 1.54) is 77.0 Å². The molecule has 16 heteroatoms. The van der Waals surface area contributed by atoms with Crippen molar-refractivity contribution < 1.29 is 118 Å². The van der Waals surface area contributed by atoms with Gasteiger partial charge in [-0.15, -0.1) is 0 Å². The molecule has 45 heavy (non-hydrogen) atoms. The summed E-state index contributed by atoms with van der Waals surface area (Å²) in [5, 5.41) is 0. The molecule has 0 unspecified atom stereocenters. The summed E-state index contributed by atoms with van der Waals surface area (Å²) in [5.41, 5.74) is 0. The van der Waals surface area contributed by atoms with E-state index in [0.29, 0.717) is 35.3 Å². The molecule has 0 spiro atoms. The van der Waals surface area contributed by atoms with Crippen molar-refractivity contribution >= 4 is 117 Å². The smallest absolute Gasteiger partial charge is 0.411 e. The Morgan fingerprint density at radius 1 is 0.622 bits per heavy atom. The molecule has 2 rings (SSSR count). The van der Waals surface area contributed by atoms with Crippen LogP contribution in [0.15, 0.2) is 0 Å². The van der Waals surface area contributed by atoms with Crippen LogP contribution in [0, 0.1) is 5.92 Å². The average Bonchev–Trinajstić information content (AvgIpc) is 2.93. The first-order chi connectivity index (χ1) is 19.2. The summed E-state index contributed by atoms with van der Waals surface area (Å²) in [7, 11) is 5.88. The van der Waals surface area contributed by atoms with Gasteiger partial charge in [0.05, 0.1) is 0 Å². The summed E-state index contributed by atoms with van der Waals surface area (Å²) in [6.45, 7) is 11.5. The van der Waals surface area contributed by atoms with Crippen LogP contribution in [0.3, 0.4) is 0 Å². The SMILES string of the molecule is CC(C)CN(C)C(=S)[S-].CCCCN(C)C(=S)[S-].CCN(C(=S)[S-])C1CCCCC1.CN(C(=S)[S-])C1CCCCC1.[Na+].[Na+].[Na+].[Na+]. The van der Waals surface area contributed by atoms with Crippen LogP contribution in [0.2, 0.25) is 0 Å². The average molecular weight is 807 g/mol. The third-order valence-electron chi connectivity index (χ3n) is 7.11. The summed E-state index contributed by atoms with van der Waals surface area (Å²) in [6.07, 6.45) is 15.6. The van der Waals surface area contributed by atoms with Crippen LogP contribution in [-0.4, -0.2) is 89.7 Å². The fraction of sp³-hybridized carbons (Fsp3) is 0.862. The molecule has 2 saturated carbocycles. The topological polar surface area (TPSA) is 13.0 Å². The van der Waals surface area contributed by atoms with Crippen LogP contribution in [0.5, 0.6) is 0 Å². The summed E-state index contributed by atoms with van der Waals surface area (Å²) in [5.74, 6) is 0.635. The number of nitrogens with zero attached hydrogens (tertiary/aromatic N) is 4. The van der Waals surface area contributed by atoms with Gasteiger partial charge in [0.2, 0.25) is 0 Å². The molecule has 4 nitrogen and oxygen atoms in total. The van der Waals surface area contributed by atoms with E-state index >= 15 is 0 Å². The van der Waals surface area contributed by atoms with Gasteiger partial charge < -0.3 is 119 Å². The van der Waals surface area contributed by atoms with Gasteiger partial charge in [-0.2, -0.15) is 0 Å². The van der Waals surface area contributed by atoms with E-state index in [9.17, 15) is 0 Å². The third-order valence-corrected chi connectivity index (χ3v) is 9.40. The van der Waals surface area contributed by atoms with Gasteiger partial charge in [0.25, 0.3) is 0 Å². The maximum absolute atomic E-state index is 5.04. The van der Waals surface area contributed by atoms with Crippen LogP contribution in [0.25, 0.3) is 0 Å². The van der Waals surface area contributed by atoms with E-state index in [1.54, 1.807) is 0 Å². The zero-order valence-electron chi connectivity index (χ0n) is 30.4. The summed E-state index contributed by atoms with van der Waals surface area (Å²) in [4.78, 5) is 8.11. The second-order valence-corrected chi connectivity index (χ2v) is 15.2. The zero-order valence-corrected chi connectivity index (χ0v) is 44.9. The van der Waals surface area contributed by atoms with E-state index in [1.807, 2.05) is 30.9 Å². The van der Waals surface area contributed by atoms with Crippen LogP contribution < -0.4 is 118 Å². The van der Waals surface area contributed by atoms with Crippen LogP contribution in [0.4, 0.5) is 0 Å². The molecule has 0 saturated heterocycles. The molecule has 0 aliphatic heterocycles. The van der Waals surface area contributed by atoms with Crippen molar-refractivity contribution in [1.29, 1.82) is 0 Å². The minimum Gasteiger partial charge on any atom is -0.411 e. The van der Waals surface area contributed by atoms with E-state index in [2.05, 4.69) is 37.5 Å². The molecule has 0 amide bonds. The van der Waals surface area contributed by atoms with Crippen LogP contribution in [-0.2, 0) is 50.5 Å². The zero-order chi connectivity index (χ0) is 32.0. The third kappa shape index (κ3) is 35.2. The molecule has 0 radical (unpaired) electrons. The van der Waals surface area contributed by atoms with Gasteiger partial charge in [-0.1, -0.05) is 83.0 Å². The Kier molecular flexibility index (Phi) is 54.2. The van der Waals surface area contributed by atoms with Gasteiger partial charge >= 0.3 is 118 Å². The van der Waals surface area contributed by atoms with Crippen LogP contribution >= 0.6 is 48.9 Å².